The third-order valence-corrected chi connectivity index (χ3v) is 7.98. The smallest absolute Gasteiger partial charge is 0.273 e. The number of nitrogens with one attached hydrogen (secondary N) is 1. The molecule has 0 aliphatic heterocycles. The molecule has 0 bridgehead atoms. The van der Waals surface area contributed by atoms with Crippen molar-refractivity contribution >= 4 is 38.6 Å². The molecule has 0 spiro atoms. The highest BCUT2D eigenvalue weighted by Crippen LogP contribution is 2.35. The van der Waals surface area contributed by atoms with Crippen LogP contribution in [0.2, 0.25) is 0 Å². The number of carbonyl (C=O) groups excluding carboxylic acids is 1. The van der Waals surface area contributed by atoms with Crippen LogP contribution in [0.4, 0.5) is 11.4 Å². The standard InChI is InChI=1S/C24H20N2O3S2/c1-26(31(28,29)23-13-8-16-30-23)22-15-14-20(18-9-4-2-5-10-18)17-21(22)25-24(27)19-11-6-3-7-12-19/h2-17H,1H3,(H,25,27). The summed E-state index contributed by atoms with van der Waals surface area (Å²) in [6.07, 6.45) is 0. The van der Waals surface area contributed by atoms with Gasteiger partial charge in [-0.3, -0.25) is 9.10 Å². The topological polar surface area (TPSA) is 66.5 Å². The van der Waals surface area contributed by atoms with Crippen LogP contribution in [-0.4, -0.2) is 21.4 Å². The van der Waals surface area contributed by atoms with Gasteiger partial charge < -0.3 is 5.32 Å². The van der Waals surface area contributed by atoms with E-state index in [2.05, 4.69) is 5.32 Å². The van der Waals surface area contributed by atoms with Crippen molar-refractivity contribution in [2.45, 2.75) is 4.21 Å². The summed E-state index contributed by atoms with van der Waals surface area (Å²) in [7, 11) is -2.26. The first kappa shape index (κ1) is 20.8. The maximum atomic E-state index is 13.1. The minimum Gasteiger partial charge on any atom is -0.320 e. The predicted molar refractivity (Wildman–Crippen MR) is 126 cm³/mol. The molecule has 0 unspecified atom stereocenters. The Balaban J connectivity index is 1.78. The van der Waals surface area contributed by atoms with E-state index in [-0.39, 0.29) is 10.1 Å². The van der Waals surface area contributed by atoms with Crippen molar-refractivity contribution in [3.63, 3.8) is 0 Å². The van der Waals surface area contributed by atoms with E-state index < -0.39 is 10.0 Å². The average molecular weight is 449 g/mol. The largest absolute Gasteiger partial charge is 0.320 e. The molecule has 4 aromatic rings. The lowest BCUT2D eigenvalue weighted by Gasteiger charge is -2.22. The van der Waals surface area contributed by atoms with Crippen LogP contribution < -0.4 is 9.62 Å². The Morgan fingerprint density at radius 1 is 0.839 bits per heavy atom. The molecule has 7 heteroatoms. The molecule has 0 aliphatic rings. The summed E-state index contributed by atoms with van der Waals surface area (Å²) in [6.45, 7) is 0. The second-order valence-electron chi connectivity index (χ2n) is 6.82. The van der Waals surface area contributed by atoms with Gasteiger partial charge in [-0.1, -0.05) is 60.7 Å². The molecule has 3 aromatic carbocycles. The van der Waals surface area contributed by atoms with E-state index in [9.17, 15) is 13.2 Å². The van der Waals surface area contributed by atoms with Crippen LogP contribution in [0.25, 0.3) is 11.1 Å². The summed E-state index contributed by atoms with van der Waals surface area (Å²) in [5.41, 5.74) is 3.13. The number of hydrogen-bond acceptors (Lipinski definition) is 4. The molecule has 0 aliphatic carbocycles. The zero-order valence-corrected chi connectivity index (χ0v) is 18.4. The first-order valence-corrected chi connectivity index (χ1v) is 11.9. The van der Waals surface area contributed by atoms with Crippen molar-refractivity contribution in [3.05, 3.63) is 102 Å². The average Bonchev–Trinajstić information content (AvgIpc) is 3.36. The SMILES string of the molecule is CN(c1ccc(-c2ccccc2)cc1NC(=O)c1ccccc1)S(=O)(=O)c1cccs1. The monoisotopic (exact) mass is 448 g/mol. The molecule has 1 aromatic heterocycles. The van der Waals surface area contributed by atoms with Crippen molar-refractivity contribution in [2.75, 3.05) is 16.7 Å². The Bertz CT molecular complexity index is 1290. The quantitative estimate of drug-likeness (QED) is 0.424. The van der Waals surface area contributed by atoms with Crippen LogP contribution in [0, 0.1) is 0 Å². The predicted octanol–water partition coefficient (Wildman–Crippen LogP) is 5.49. The molecule has 5 nitrogen and oxygen atoms in total. The van der Waals surface area contributed by atoms with Gasteiger partial charge in [-0.15, -0.1) is 11.3 Å². The zero-order valence-electron chi connectivity index (χ0n) is 16.7. The minimum atomic E-state index is -3.75. The highest BCUT2D eigenvalue weighted by Gasteiger charge is 2.25. The fraction of sp³-hybridized carbons (Fsp3) is 0.0417. The lowest BCUT2D eigenvalue weighted by atomic mass is 10.0. The molecule has 1 N–H and O–H groups in total. The maximum absolute atomic E-state index is 13.1. The van der Waals surface area contributed by atoms with Gasteiger partial charge in [0.25, 0.3) is 15.9 Å². The van der Waals surface area contributed by atoms with Crippen molar-refractivity contribution < 1.29 is 13.2 Å². The molecular weight excluding hydrogens is 428 g/mol. The van der Waals surface area contributed by atoms with Crippen LogP contribution in [0.5, 0.6) is 0 Å². The van der Waals surface area contributed by atoms with Crippen LogP contribution >= 0.6 is 11.3 Å². The molecule has 0 saturated heterocycles. The molecule has 4 rings (SSSR count). The van der Waals surface area contributed by atoms with E-state index >= 15 is 0 Å². The van der Waals surface area contributed by atoms with Crippen LogP contribution in [0.1, 0.15) is 10.4 Å². The molecule has 0 saturated carbocycles. The van der Waals surface area contributed by atoms with Crippen molar-refractivity contribution in [1.29, 1.82) is 0 Å². The molecule has 0 atom stereocenters. The highest BCUT2D eigenvalue weighted by molar-refractivity contribution is 7.94. The van der Waals surface area contributed by atoms with Crippen molar-refractivity contribution in [2.24, 2.45) is 0 Å². The summed E-state index contributed by atoms with van der Waals surface area (Å²) >= 11 is 1.15. The van der Waals surface area contributed by atoms with Gasteiger partial charge in [0, 0.05) is 12.6 Å². The Hall–Kier alpha value is -3.42. The first-order chi connectivity index (χ1) is 15.0. The van der Waals surface area contributed by atoms with Gasteiger partial charge in [-0.05, 0) is 46.8 Å². The fourth-order valence-corrected chi connectivity index (χ4v) is 5.56. The molecule has 1 amide bonds. The van der Waals surface area contributed by atoms with E-state index in [0.29, 0.717) is 16.9 Å². The zero-order chi connectivity index (χ0) is 21.8. The summed E-state index contributed by atoms with van der Waals surface area (Å²) in [4.78, 5) is 12.8. The number of thiophene rings is 1. The number of hydrogen-bond donors (Lipinski definition) is 1. The summed E-state index contributed by atoms with van der Waals surface area (Å²) in [5, 5.41) is 4.61. The lowest BCUT2D eigenvalue weighted by molar-refractivity contribution is 0.102. The van der Waals surface area contributed by atoms with Crippen molar-refractivity contribution in [3.8, 4) is 11.1 Å². The Morgan fingerprint density at radius 2 is 1.52 bits per heavy atom. The molecular formula is C24H20N2O3S2. The molecule has 156 valence electrons. The molecule has 0 radical (unpaired) electrons. The number of anilines is 2. The van der Waals surface area contributed by atoms with E-state index in [4.69, 9.17) is 0 Å². The van der Waals surface area contributed by atoms with Crippen molar-refractivity contribution in [1.82, 2.24) is 0 Å². The Kier molecular flexibility index (Phi) is 5.88. The molecule has 0 fully saturated rings. The van der Waals surface area contributed by atoms with Crippen LogP contribution in [-0.2, 0) is 10.0 Å². The van der Waals surface area contributed by atoms with E-state index in [0.717, 1.165) is 22.5 Å². The Morgan fingerprint density at radius 3 is 2.16 bits per heavy atom. The van der Waals surface area contributed by atoms with Gasteiger partial charge >= 0.3 is 0 Å². The Labute approximate surface area is 185 Å². The van der Waals surface area contributed by atoms with Gasteiger partial charge in [0.05, 0.1) is 11.4 Å². The summed E-state index contributed by atoms with van der Waals surface area (Å²) in [6, 6.07) is 27.2. The number of amides is 1. The second kappa shape index (κ2) is 8.75. The van der Waals surface area contributed by atoms with Gasteiger partial charge in [-0.2, -0.15) is 0 Å². The van der Waals surface area contributed by atoms with Gasteiger partial charge in [0.2, 0.25) is 0 Å². The third-order valence-electron chi connectivity index (χ3n) is 4.84. The second-order valence-corrected chi connectivity index (χ2v) is 9.97. The maximum Gasteiger partial charge on any atom is 0.273 e. The number of benzene rings is 3. The van der Waals surface area contributed by atoms with E-state index in [1.165, 1.54) is 11.4 Å². The molecule has 1 heterocycles. The number of carbonyl (C=O) groups is 1. The minimum absolute atomic E-state index is 0.238. The highest BCUT2D eigenvalue weighted by atomic mass is 32.2. The summed E-state index contributed by atoms with van der Waals surface area (Å²) in [5.74, 6) is -0.311. The lowest BCUT2D eigenvalue weighted by Crippen LogP contribution is -2.27. The van der Waals surface area contributed by atoms with E-state index in [1.54, 1.807) is 53.9 Å². The first-order valence-electron chi connectivity index (χ1n) is 9.55. The van der Waals surface area contributed by atoms with Crippen LogP contribution in [0.3, 0.4) is 0 Å². The van der Waals surface area contributed by atoms with E-state index in [1.807, 2.05) is 42.5 Å². The third kappa shape index (κ3) is 4.38. The number of sulfonamides is 1. The number of nitrogens with zero attached hydrogens (tertiary/aromatic N) is 1. The summed E-state index contributed by atoms with van der Waals surface area (Å²) < 4.78 is 27.6. The van der Waals surface area contributed by atoms with Gasteiger partial charge in [0.15, 0.2) is 0 Å². The van der Waals surface area contributed by atoms with Gasteiger partial charge in [0.1, 0.15) is 4.21 Å². The normalized spacial score (nSPS) is 11.1. The van der Waals surface area contributed by atoms with Gasteiger partial charge in [-0.25, -0.2) is 8.42 Å². The molecule has 31 heavy (non-hydrogen) atoms. The van der Waals surface area contributed by atoms with Crippen LogP contribution in [0.15, 0.2) is 101 Å². The fourth-order valence-electron chi connectivity index (χ4n) is 3.18. The number of rotatable bonds is 6.